The van der Waals surface area contributed by atoms with Crippen molar-refractivity contribution in [3.63, 3.8) is 0 Å². The molecule has 3 rings (SSSR count). The van der Waals surface area contributed by atoms with Gasteiger partial charge in [0.1, 0.15) is 6.04 Å². The van der Waals surface area contributed by atoms with E-state index in [2.05, 4.69) is 20.6 Å². The molecule has 0 radical (unpaired) electrons. The van der Waals surface area contributed by atoms with E-state index in [1.807, 2.05) is 0 Å². The van der Waals surface area contributed by atoms with Gasteiger partial charge >= 0.3 is 11.7 Å². The number of aromatic nitrogens is 6. The standard InChI is InChI=1S/C15H15N7O4/c16-11(14(24)25)8-21-6-5-12(23)22(15(21)26)7-9-1-3-10(4-2-9)13-17-19-20-18-13/h1-6,11H,7-8,16H2,(H,24,25)(H,17,18,19,20)/t11-/m0/s1. The van der Waals surface area contributed by atoms with Crippen molar-refractivity contribution in [2.75, 3.05) is 0 Å². The lowest BCUT2D eigenvalue weighted by Gasteiger charge is -2.12. The number of carboxylic acid groups (broad SMARTS) is 1. The maximum absolute atomic E-state index is 12.5. The Morgan fingerprint density at radius 2 is 1.96 bits per heavy atom. The summed E-state index contributed by atoms with van der Waals surface area (Å²) in [6.07, 6.45) is 1.24. The average Bonchev–Trinajstić information content (AvgIpc) is 3.16. The highest BCUT2D eigenvalue weighted by Crippen LogP contribution is 2.14. The molecule has 0 bridgehead atoms. The van der Waals surface area contributed by atoms with Crippen LogP contribution in [-0.2, 0) is 17.9 Å². The third-order valence-electron chi connectivity index (χ3n) is 3.75. The highest BCUT2D eigenvalue weighted by Gasteiger charge is 2.14. The molecule has 0 aliphatic carbocycles. The van der Waals surface area contributed by atoms with Gasteiger partial charge in [0, 0.05) is 17.8 Å². The fourth-order valence-electron chi connectivity index (χ4n) is 2.36. The van der Waals surface area contributed by atoms with Crippen molar-refractivity contribution in [1.82, 2.24) is 29.8 Å². The summed E-state index contributed by atoms with van der Waals surface area (Å²) >= 11 is 0. The van der Waals surface area contributed by atoms with Crippen LogP contribution in [0.4, 0.5) is 0 Å². The molecule has 2 heterocycles. The molecule has 26 heavy (non-hydrogen) atoms. The molecular formula is C15H15N7O4. The number of nitrogens with zero attached hydrogens (tertiary/aromatic N) is 5. The first-order chi connectivity index (χ1) is 12.5. The number of aromatic amines is 1. The summed E-state index contributed by atoms with van der Waals surface area (Å²) in [6, 6.07) is 6.91. The molecule has 1 aromatic carbocycles. The smallest absolute Gasteiger partial charge is 0.331 e. The topological polar surface area (TPSA) is 162 Å². The zero-order chi connectivity index (χ0) is 18.7. The van der Waals surface area contributed by atoms with Crippen molar-refractivity contribution in [2.45, 2.75) is 19.1 Å². The minimum absolute atomic E-state index is 0.0351. The van der Waals surface area contributed by atoms with Crippen LogP contribution in [0.2, 0.25) is 0 Å². The van der Waals surface area contributed by atoms with Gasteiger partial charge in [-0.15, -0.1) is 10.2 Å². The van der Waals surface area contributed by atoms with E-state index in [1.54, 1.807) is 24.3 Å². The van der Waals surface area contributed by atoms with Crippen LogP contribution in [0.5, 0.6) is 0 Å². The minimum atomic E-state index is -1.24. The SMILES string of the molecule is N[C@@H](Cn1ccc(=O)n(Cc2ccc(-c3nn[nH]n3)cc2)c1=O)C(=O)O. The summed E-state index contributed by atoms with van der Waals surface area (Å²) in [7, 11) is 0. The van der Waals surface area contributed by atoms with Crippen molar-refractivity contribution in [3.05, 3.63) is 62.9 Å². The van der Waals surface area contributed by atoms with E-state index >= 15 is 0 Å². The number of rotatable bonds is 6. The van der Waals surface area contributed by atoms with Crippen molar-refractivity contribution in [3.8, 4) is 11.4 Å². The van der Waals surface area contributed by atoms with Gasteiger partial charge in [-0.25, -0.2) is 4.79 Å². The second kappa shape index (κ2) is 7.11. The quantitative estimate of drug-likeness (QED) is 0.488. The molecule has 0 spiro atoms. The van der Waals surface area contributed by atoms with Gasteiger partial charge in [-0.1, -0.05) is 24.3 Å². The van der Waals surface area contributed by atoms with E-state index in [0.29, 0.717) is 11.4 Å². The Hall–Kier alpha value is -3.60. The van der Waals surface area contributed by atoms with Crippen molar-refractivity contribution >= 4 is 5.97 Å². The number of H-pyrrole nitrogens is 1. The van der Waals surface area contributed by atoms with Gasteiger partial charge in [0.15, 0.2) is 0 Å². The van der Waals surface area contributed by atoms with Gasteiger partial charge in [0.2, 0.25) is 5.82 Å². The lowest BCUT2D eigenvalue weighted by molar-refractivity contribution is -0.138. The number of benzene rings is 1. The molecule has 134 valence electrons. The Kier molecular flexibility index (Phi) is 4.71. The first kappa shape index (κ1) is 17.2. The zero-order valence-corrected chi connectivity index (χ0v) is 13.4. The van der Waals surface area contributed by atoms with Crippen LogP contribution < -0.4 is 17.0 Å². The third kappa shape index (κ3) is 3.57. The van der Waals surface area contributed by atoms with Crippen molar-refractivity contribution in [1.29, 1.82) is 0 Å². The number of carbonyl (C=O) groups is 1. The summed E-state index contributed by atoms with van der Waals surface area (Å²) < 4.78 is 2.12. The molecule has 0 saturated carbocycles. The van der Waals surface area contributed by atoms with E-state index in [4.69, 9.17) is 10.8 Å². The molecule has 1 atom stereocenters. The molecule has 0 saturated heterocycles. The number of aliphatic carboxylic acids is 1. The predicted molar refractivity (Wildman–Crippen MR) is 89.3 cm³/mol. The molecule has 11 nitrogen and oxygen atoms in total. The molecule has 0 fully saturated rings. The number of tetrazole rings is 1. The van der Waals surface area contributed by atoms with Crippen LogP contribution >= 0.6 is 0 Å². The molecule has 11 heteroatoms. The predicted octanol–water partition coefficient (Wildman–Crippen LogP) is -1.35. The van der Waals surface area contributed by atoms with Crippen molar-refractivity contribution in [2.24, 2.45) is 5.73 Å². The third-order valence-corrected chi connectivity index (χ3v) is 3.75. The summed E-state index contributed by atoms with van der Waals surface area (Å²) in [5.41, 5.74) is 5.77. The first-order valence-corrected chi connectivity index (χ1v) is 7.57. The Bertz CT molecular complexity index is 1020. The summed E-state index contributed by atoms with van der Waals surface area (Å²) in [5, 5.41) is 22.4. The second-order valence-electron chi connectivity index (χ2n) is 5.55. The maximum atomic E-state index is 12.5. The molecule has 0 aliphatic heterocycles. The summed E-state index contributed by atoms with van der Waals surface area (Å²) in [4.78, 5) is 35.4. The Labute approximate surface area is 145 Å². The number of nitrogens with one attached hydrogen (secondary N) is 1. The summed E-state index contributed by atoms with van der Waals surface area (Å²) in [5.74, 6) is -0.801. The van der Waals surface area contributed by atoms with Crippen molar-refractivity contribution < 1.29 is 9.90 Å². The maximum Gasteiger partial charge on any atom is 0.331 e. The Balaban J connectivity index is 1.86. The largest absolute Gasteiger partial charge is 0.480 e. The highest BCUT2D eigenvalue weighted by molar-refractivity contribution is 5.72. The van der Waals surface area contributed by atoms with Gasteiger partial charge < -0.3 is 10.8 Å². The molecule has 0 amide bonds. The summed E-state index contributed by atoms with van der Waals surface area (Å²) in [6.45, 7) is -0.196. The first-order valence-electron chi connectivity index (χ1n) is 7.57. The molecule has 3 aromatic rings. The van der Waals surface area contributed by atoms with Gasteiger partial charge in [-0.3, -0.25) is 18.7 Å². The van der Waals surface area contributed by atoms with Crippen LogP contribution in [0.15, 0.2) is 46.1 Å². The lowest BCUT2D eigenvalue weighted by atomic mass is 10.1. The number of hydrogen-bond acceptors (Lipinski definition) is 7. The number of hydrogen-bond donors (Lipinski definition) is 3. The van der Waals surface area contributed by atoms with E-state index < -0.39 is 23.3 Å². The van der Waals surface area contributed by atoms with Crippen LogP contribution in [0.25, 0.3) is 11.4 Å². The normalized spacial score (nSPS) is 12.0. The Morgan fingerprint density at radius 1 is 1.23 bits per heavy atom. The van der Waals surface area contributed by atoms with Gasteiger partial charge in [-0.05, 0) is 10.8 Å². The monoisotopic (exact) mass is 357 g/mol. The second-order valence-corrected chi connectivity index (χ2v) is 5.55. The fraction of sp³-hybridized carbons (Fsp3) is 0.200. The van der Waals surface area contributed by atoms with E-state index in [0.717, 1.165) is 14.7 Å². The average molecular weight is 357 g/mol. The van der Waals surface area contributed by atoms with Crippen LogP contribution in [0.3, 0.4) is 0 Å². The number of nitrogens with two attached hydrogens (primary N) is 1. The fourth-order valence-corrected chi connectivity index (χ4v) is 2.36. The van der Waals surface area contributed by atoms with E-state index in [-0.39, 0.29) is 13.1 Å². The van der Waals surface area contributed by atoms with E-state index in [9.17, 15) is 14.4 Å². The van der Waals surface area contributed by atoms with Gasteiger partial charge in [0.25, 0.3) is 5.56 Å². The van der Waals surface area contributed by atoms with E-state index in [1.165, 1.54) is 12.3 Å². The lowest BCUT2D eigenvalue weighted by Crippen LogP contribution is -2.44. The zero-order valence-electron chi connectivity index (χ0n) is 13.4. The Morgan fingerprint density at radius 3 is 2.58 bits per heavy atom. The molecule has 0 unspecified atom stereocenters. The molecule has 2 aromatic heterocycles. The molecule has 4 N–H and O–H groups in total. The minimum Gasteiger partial charge on any atom is -0.480 e. The van der Waals surface area contributed by atoms with Gasteiger partial charge in [0.05, 0.1) is 13.1 Å². The van der Waals surface area contributed by atoms with Crippen LogP contribution in [0.1, 0.15) is 5.56 Å². The molecule has 0 aliphatic rings. The highest BCUT2D eigenvalue weighted by atomic mass is 16.4. The number of carboxylic acids is 1. The van der Waals surface area contributed by atoms with Crippen LogP contribution in [-0.4, -0.2) is 46.9 Å². The van der Waals surface area contributed by atoms with Crippen LogP contribution in [0, 0.1) is 0 Å². The van der Waals surface area contributed by atoms with Gasteiger partial charge in [-0.2, -0.15) is 5.21 Å². The molecular weight excluding hydrogens is 342 g/mol.